The Labute approximate surface area is 141 Å². The van der Waals surface area contributed by atoms with Crippen molar-refractivity contribution in [1.29, 1.82) is 0 Å². The maximum absolute atomic E-state index is 12.6. The Morgan fingerprint density at radius 2 is 1.71 bits per heavy atom. The molecule has 5 nitrogen and oxygen atoms in total. The van der Waals surface area contributed by atoms with Crippen LogP contribution in [-0.2, 0) is 16.4 Å². The molecule has 0 fully saturated rings. The number of rotatable bonds is 3. The smallest absolute Gasteiger partial charge is 0.241 e. The molecule has 0 saturated heterocycles. The van der Waals surface area contributed by atoms with E-state index in [0.717, 1.165) is 36.1 Å². The molecule has 1 aliphatic heterocycles. The Morgan fingerprint density at radius 3 is 2.46 bits per heavy atom. The van der Waals surface area contributed by atoms with Gasteiger partial charge in [-0.2, -0.15) is 0 Å². The molecule has 1 heterocycles. The molecule has 2 aromatic rings. The van der Waals surface area contributed by atoms with Crippen LogP contribution in [0.3, 0.4) is 0 Å². The van der Waals surface area contributed by atoms with Crippen molar-refractivity contribution in [3.05, 3.63) is 53.6 Å². The first-order chi connectivity index (χ1) is 11.6. The summed E-state index contributed by atoms with van der Waals surface area (Å²) >= 11 is 0. The maximum atomic E-state index is 12.6. The van der Waals surface area contributed by atoms with Crippen molar-refractivity contribution in [3.63, 3.8) is 0 Å². The van der Waals surface area contributed by atoms with Crippen LogP contribution in [0.1, 0.15) is 30.0 Å². The number of benzene rings is 2. The molecule has 4 rings (SSSR count). The zero-order valence-corrected chi connectivity index (χ0v) is 14.0. The predicted molar refractivity (Wildman–Crippen MR) is 89.9 cm³/mol. The molecule has 2 aliphatic rings. The van der Waals surface area contributed by atoms with Gasteiger partial charge in [-0.15, -0.1) is 0 Å². The van der Waals surface area contributed by atoms with Gasteiger partial charge in [0, 0.05) is 6.04 Å². The van der Waals surface area contributed by atoms with Gasteiger partial charge in [0.2, 0.25) is 10.0 Å². The van der Waals surface area contributed by atoms with Crippen LogP contribution in [0.4, 0.5) is 0 Å². The number of ether oxygens (including phenoxy) is 2. The molecule has 0 bridgehead atoms. The number of fused-ring (bicyclic) bond motifs is 2. The average Bonchev–Trinajstić information content (AvgIpc) is 2.61. The van der Waals surface area contributed by atoms with Crippen molar-refractivity contribution in [3.8, 4) is 11.5 Å². The third kappa shape index (κ3) is 2.87. The Morgan fingerprint density at radius 1 is 1.00 bits per heavy atom. The van der Waals surface area contributed by atoms with Gasteiger partial charge >= 0.3 is 0 Å². The van der Waals surface area contributed by atoms with Crippen molar-refractivity contribution in [2.75, 3.05) is 13.2 Å². The highest BCUT2D eigenvalue weighted by molar-refractivity contribution is 7.89. The van der Waals surface area contributed by atoms with Crippen LogP contribution < -0.4 is 14.2 Å². The second kappa shape index (κ2) is 6.11. The van der Waals surface area contributed by atoms with Crippen molar-refractivity contribution < 1.29 is 17.9 Å². The van der Waals surface area contributed by atoms with E-state index in [-0.39, 0.29) is 10.9 Å². The topological polar surface area (TPSA) is 64.6 Å². The van der Waals surface area contributed by atoms with Crippen molar-refractivity contribution in [1.82, 2.24) is 4.72 Å². The molecule has 0 aromatic heterocycles. The van der Waals surface area contributed by atoms with E-state index >= 15 is 0 Å². The summed E-state index contributed by atoms with van der Waals surface area (Å²) in [7, 11) is -3.55. The third-order valence-electron chi connectivity index (χ3n) is 4.47. The summed E-state index contributed by atoms with van der Waals surface area (Å²) in [6.07, 6.45) is 2.64. The number of hydrogen-bond donors (Lipinski definition) is 1. The van der Waals surface area contributed by atoms with Gasteiger partial charge in [0.15, 0.2) is 11.5 Å². The highest BCUT2D eigenvalue weighted by Gasteiger charge is 2.28. The molecule has 126 valence electrons. The minimum atomic E-state index is -3.55. The van der Waals surface area contributed by atoms with Crippen LogP contribution in [0.2, 0.25) is 0 Å². The van der Waals surface area contributed by atoms with Crippen LogP contribution >= 0.6 is 0 Å². The van der Waals surface area contributed by atoms with Crippen molar-refractivity contribution in [2.24, 2.45) is 0 Å². The maximum Gasteiger partial charge on any atom is 0.241 e. The highest BCUT2D eigenvalue weighted by Crippen LogP contribution is 2.40. The van der Waals surface area contributed by atoms with E-state index in [0.29, 0.717) is 19.0 Å². The van der Waals surface area contributed by atoms with Gasteiger partial charge in [0.25, 0.3) is 0 Å². The van der Waals surface area contributed by atoms with Crippen LogP contribution in [0, 0.1) is 0 Å². The van der Waals surface area contributed by atoms with Crippen LogP contribution in [0.15, 0.2) is 47.4 Å². The fraction of sp³-hybridized carbons (Fsp3) is 0.333. The van der Waals surface area contributed by atoms with Gasteiger partial charge in [-0.3, -0.25) is 0 Å². The van der Waals surface area contributed by atoms with Crippen LogP contribution in [-0.4, -0.2) is 21.6 Å². The van der Waals surface area contributed by atoms with Gasteiger partial charge in [0.1, 0.15) is 13.2 Å². The van der Waals surface area contributed by atoms with E-state index in [9.17, 15) is 8.42 Å². The Balaban J connectivity index is 1.67. The summed E-state index contributed by atoms with van der Waals surface area (Å²) in [5, 5.41) is 0. The summed E-state index contributed by atoms with van der Waals surface area (Å²) in [5.41, 5.74) is 2.12. The summed E-state index contributed by atoms with van der Waals surface area (Å²) in [6.45, 7) is 1.07. The molecular weight excluding hydrogens is 326 g/mol. The van der Waals surface area contributed by atoms with Gasteiger partial charge in [-0.05, 0) is 54.7 Å². The fourth-order valence-corrected chi connectivity index (χ4v) is 4.59. The predicted octanol–water partition coefficient (Wildman–Crippen LogP) is 2.81. The quantitative estimate of drug-likeness (QED) is 0.929. The normalized spacial score (nSPS) is 19.6. The number of hydrogen-bond acceptors (Lipinski definition) is 4. The number of aryl methyl sites for hydroxylation is 1. The lowest BCUT2D eigenvalue weighted by Gasteiger charge is -2.29. The van der Waals surface area contributed by atoms with Gasteiger partial charge in [0.05, 0.1) is 4.90 Å². The zero-order valence-electron chi connectivity index (χ0n) is 13.2. The van der Waals surface area contributed by atoms with Crippen LogP contribution in [0.25, 0.3) is 0 Å². The molecule has 2 aromatic carbocycles. The van der Waals surface area contributed by atoms with Gasteiger partial charge in [-0.25, -0.2) is 13.1 Å². The SMILES string of the molecule is O=S(=O)(NC1CCCc2cc3c(cc21)OCCO3)c1ccccc1. The molecule has 1 aliphatic carbocycles. The number of sulfonamides is 1. The zero-order chi connectivity index (χ0) is 16.6. The highest BCUT2D eigenvalue weighted by atomic mass is 32.2. The molecule has 6 heteroatoms. The van der Waals surface area contributed by atoms with E-state index in [1.807, 2.05) is 12.1 Å². The molecule has 0 amide bonds. The minimum Gasteiger partial charge on any atom is -0.486 e. The standard InChI is InChI=1S/C18H19NO4S/c20-24(21,14-6-2-1-3-7-14)19-16-8-4-5-13-11-17-18(12-15(13)16)23-10-9-22-17/h1-3,6-7,11-12,16,19H,4-5,8-10H2. The van der Waals surface area contributed by atoms with E-state index in [1.165, 1.54) is 0 Å². The summed E-state index contributed by atoms with van der Waals surface area (Å²) in [6, 6.07) is 12.2. The largest absolute Gasteiger partial charge is 0.486 e. The second-order valence-corrected chi connectivity index (χ2v) is 7.79. The molecule has 0 saturated carbocycles. The number of nitrogens with one attached hydrogen (secondary N) is 1. The third-order valence-corrected chi connectivity index (χ3v) is 5.96. The lowest BCUT2D eigenvalue weighted by molar-refractivity contribution is 0.171. The molecular formula is C18H19NO4S. The fourth-order valence-electron chi connectivity index (χ4n) is 3.32. The summed E-state index contributed by atoms with van der Waals surface area (Å²) < 4.78 is 39.4. The Hall–Kier alpha value is -2.05. The summed E-state index contributed by atoms with van der Waals surface area (Å²) in [4.78, 5) is 0.287. The Bertz CT molecular complexity index is 849. The first-order valence-corrected chi connectivity index (χ1v) is 9.61. The first kappa shape index (κ1) is 15.5. The van der Waals surface area contributed by atoms with E-state index in [1.54, 1.807) is 30.3 Å². The lowest BCUT2D eigenvalue weighted by Crippen LogP contribution is -2.31. The van der Waals surface area contributed by atoms with Crippen molar-refractivity contribution >= 4 is 10.0 Å². The average molecular weight is 345 g/mol. The molecule has 1 N–H and O–H groups in total. The van der Waals surface area contributed by atoms with Gasteiger partial charge < -0.3 is 9.47 Å². The summed E-state index contributed by atoms with van der Waals surface area (Å²) in [5.74, 6) is 1.46. The van der Waals surface area contributed by atoms with Gasteiger partial charge in [-0.1, -0.05) is 18.2 Å². The van der Waals surface area contributed by atoms with Crippen LogP contribution in [0.5, 0.6) is 11.5 Å². The minimum absolute atomic E-state index is 0.241. The van der Waals surface area contributed by atoms with Crippen molar-refractivity contribution in [2.45, 2.75) is 30.2 Å². The molecule has 1 atom stereocenters. The second-order valence-electron chi connectivity index (χ2n) is 6.07. The monoisotopic (exact) mass is 345 g/mol. The molecule has 0 radical (unpaired) electrons. The van der Waals surface area contributed by atoms with E-state index in [4.69, 9.17) is 9.47 Å². The lowest BCUT2D eigenvalue weighted by atomic mass is 9.88. The molecule has 1 unspecified atom stereocenters. The molecule has 24 heavy (non-hydrogen) atoms. The Kier molecular flexibility index (Phi) is 3.94. The van der Waals surface area contributed by atoms with E-state index in [2.05, 4.69) is 4.72 Å². The van der Waals surface area contributed by atoms with E-state index < -0.39 is 10.0 Å². The first-order valence-electron chi connectivity index (χ1n) is 8.13. The molecule has 0 spiro atoms.